The molecule has 0 saturated carbocycles. The van der Waals surface area contributed by atoms with Crippen LogP contribution in [-0.4, -0.2) is 16.8 Å². The van der Waals surface area contributed by atoms with E-state index in [0.29, 0.717) is 0 Å². The molecule has 0 unspecified atom stereocenters. The van der Waals surface area contributed by atoms with E-state index in [9.17, 15) is 9.59 Å². The molecule has 20 heavy (non-hydrogen) atoms. The van der Waals surface area contributed by atoms with E-state index in [2.05, 4.69) is 10.3 Å². The Morgan fingerprint density at radius 2 is 2.20 bits per heavy atom. The van der Waals surface area contributed by atoms with E-state index in [-0.39, 0.29) is 18.2 Å². The molecule has 3 N–H and O–H groups in total. The standard InChI is InChI=1S/C15H16N3O2/c1-10(7-14(16)19)8-15(20)18-13-4-2-3-11-9-17-6-5-12(11)13/h2-6,8-10H,7H2,1H3,(H2,16,19)(H,18,20)/t10-/m1/s1. The summed E-state index contributed by atoms with van der Waals surface area (Å²) in [5.41, 5.74) is 5.82. The number of pyridine rings is 1. The highest BCUT2D eigenvalue weighted by Crippen LogP contribution is 2.22. The van der Waals surface area contributed by atoms with Gasteiger partial charge in [-0.1, -0.05) is 19.1 Å². The number of benzene rings is 1. The van der Waals surface area contributed by atoms with Gasteiger partial charge in [0.2, 0.25) is 11.8 Å². The zero-order chi connectivity index (χ0) is 14.5. The van der Waals surface area contributed by atoms with Gasteiger partial charge in [-0.15, -0.1) is 0 Å². The molecule has 2 amide bonds. The van der Waals surface area contributed by atoms with Crippen LogP contribution < -0.4 is 11.1 Å². The molecule has 5 heteroatoms. The van der Waals surface area contributed by atoms with Crippen LogP contribution in [0.15, 0.2) is 36.7 Å². The molecule has 0 spiro atoms. The second kappa shape index (κ2) is 6.14. The van der Waals surface area contributed by atoms with Crippen LogP contribution in [0.1, 0.15) is 13.3 Å². The quantitative estimate of drug-likeness (QED) is 0.870. The van der Waals surface area contributed by atoms with Crippen molar-refractivity contribution in [1.82, 2.24) is 4.98 Å². The monoisotopic (exact) mass is 270 g/mol. The summed E-state index contributed by atoms with van der Waals surface area (Å²) in [7, 11) is 0. The Morgan fingerprint density at radius 1 is 1.40 bits per heavy atom. The number of anilines is 1. The molecule has 0 saturated heterocycles. The molecule has 5 nitrogen and oxygen atoms in total. The molecule has 103 valence electrons. The predicted octanol–water partition coefficient (Wildman–Crippen LogP) is 1.89. The second-order valence-corrected chi connectivity index (χ2v) is 4.71. The minimum absolute atomic E-state index is 0.160. The Labute approximate surface area is 117 Å². The zero-order valence-electron chi connectivity index (χ0n) is 11.2. The van der Waals surface area contributed by atoms with Crippen molar-refractivity contribution in [3.63, 3.8) is 0 Å². The van der Waals surface area contributed by atoms with Gasteiger partial charge in [-0.05, 0) is 18.1 Å². The number of fused-ring (bicyclic) bond motifs is 1. The first-order chi connectivity index (χ1) is 9.56. The van der Waals surface area contributed by atoms with Crippen LogP contribution in [0.5, 0.6) is 0 Å². The first kappa shape index (κ1) is 14.0. The van der Waals surface area contributed by atoms with Crippen LogP contribution >= 0.6 is 0 Å². The lowest BCUT2D eigenvalue weighted by atomic mass is 10.0. The number of carbonyl (C=O) groups excluding carboxylic acids is 2. The molecule has 1 radical (unpaired) electrons. The van der Waals surface area contributed by atoms with E-state index >= 15 is 0 Å². The Balaban J connectivity index is 2.08. The third-order valence-electron chi connectivity index (χ3n) is 2.90. The number of hydrogen-bond acceptors (Lipinski definition) is 3. The van der Waals surface area contributed by atoms with Crippen molar-refractivity contribution in [2.75, 3.05) is 5.32 Å². The maximum atomic E-state index is 11.9. The molecule has 1 heterocycles. The fourth-order valence-electron chi connectivity index (χ4n) is 2.04. The van der Waals surface area contributed by atoms with E-state index in [1.165, 1.54) is 6.42 Å². The molecule has 2 aromatic rings. The summed E-state index contributed by atoms with van der Waals surface area (Å²) in [6, 6.07) is 7.45. The Kier molecular flexibility index (Phi) is 4.30. The van der Waals surface area contributed by atoms with E-state index < -0.39 is 5.91 Å². The van der Waals surface area contributed by atoms with Crippen LogP contribution in [0.25, 0.3) is 10.8 Å². The summed E-state index contributed by atoms with van der Waals surface area (Å²) in [6.45, 7) is 1.78. The van der Waals surface area contributed by atoms with Crippen LogP contribution in [0, 0.1) is 12.3 Å². The van der Waals surface area contributed by atoms with Crippen molar-refractivity contribution < 1.29 is 9.59 Å². The number of nitrogens with zero attached hydrogens (tertiary/aromatic N) is 1. The van der Waals surface area contributed by atoms with Crippen LogP contribution in [0.2, 0.25) is 0 Å². The molecular weight excluding hydrogens is 254 g/mol. The van der Waals surface area contributed by atoms with Gasteiger partial charge in [0.15, 0.2) is 0 Å². The van der Waals surface area contributed by atoms with Gasteiger partial charge in [-0.2, -0.15) is 0 Å². The lowest BCUT2D eigenvalue weighted by Gasteiger charge is -2.11. The number of amides is 2. The first-order valence-electron chi connectivity index (χ1n) is 6.33. The Hall–Kier alpha value is -2.43. The minimum Gasteiger partial charge on any atom is -0.370 e. The van der Waals surface area contributed by atoms with Gasteiger partial charge >= 0.3 is 0 Å². The van der Waals surface area contributed by atoms with Crippen molar-refractivity contribution in [3.05, 3.63) is 43.1 Å². The maximum absolute atomic E-state index is 11.9. The summed E-state index contributed by atoms with van der Waals surface area (Å²) >= 11 is 0. The van der Waals surface area contributed by atoms with Gasteiger partial charge < -0.3 is 11.1 Å². The molecule has 0 aliphatic carbocycles. The van der Waals surface area contributed by atoms with Crippen molar-refractivity contribution in [2.24, 2.45) is 11.7 Å². The summed E-state index contributed by atoms with van der Waals surface area (Å²) in [6.07, 6.45) is 5.04. The van der Waals surface area contributed by atoms with Crippen molar-refractivity contribution in [3.8, 4) is 0 Å². The maximum Gasteiger partial charge on any atom is 0.228 e. The molecule has 1 aromatic heterocycles. The van der Waals surface area contributed by atoms with Gasteiger partial charge in [-0.25, -0.2) is 0 Å². The number of aromatic nitrogens is 1. The summed E-state index contributed by atoms with van der Waals surface area (Å²) in [4.78, 5) is 26.7. The van der Waals surface area contributed by atoms with Crippen molar-refractivity contribution in [2.45, 2.75) is 13.3 Å². The first-order valence-corrected chi connectivity index (χ1v) is 6.33. The van der Waals surface area contributed by atoms with Gasteiger partial charge in [0.25, 0.3) is 0 Å². The lowest BCUT2D eigenvalue weighted by molar-refractivity contribution is -0.118. The predicted molar refractivity (Wildman–Crippen MR) is 77.6 cm³/mol. The van der Waals surface area contributed by atoms with Crippen molar-refractivity contribution in [1.29, 1.82) is 0 Å². The van der Waals surface area contributed by atoms with E-state index in [1.807, 2.05) is 24.3 Å². The number of primary amides is 1. The van der Waals surface area contributed by atoms with E-state index in [0.717, 1.165) is 16.5 Å². The molecule has 0 aliphatic heterocycles. The molecule has 0 aliphatic rings. The molecule has 1 atom stereocenters. The van der Waals surface area contributed by atoms with Gasteiger partial charge in [-0.3, -0.25) is 14.6 Å². The SMILES string of the molecule is C[C@@H]([CH]C(=O)Nc1cccc2cnccc12)CC(N)=O. The van der Waals surface area contributed by atoms with Crippen molar-refractivity contribution >= 4 is 28.3 Å². The minimum atomic E-state index is -0.419. The number of hydrogen-bond donors (Lipinski definition) is 2. The number of carbonyl (C=O) groups is 2. The summed E-state index contributed by atoms with van der Waals surface area (Å²) in [5, 5.41) is 4.69. The van der Waals surface area contributed by atoms with Gasteiger partial charge in [0, 0.05) is 35.3 Å². The second-order valence-electron chi connectivity index (χ2n) is 4.71. The topological polar surface area (TPSA) is 85.1 Å². The van der Waals surface area contributed by atoms with Crippen LogP contribution in [0.3, 0.4) is 0 Å². The lowest BCUT2D eigenvalue weighted by Crippen LogP contribution is -2.20. The highest BCUT2D eigenvalue weighted by atomic mass is 16.2. The average molecular weight is 270 g/mol. The van der Waals surface area contributed by atoms with E-state index in [1.54, 1.807) is 19.3 Å². The fourth-order valence-corrected chi connectivity index (χ4v) is 2.04. The summed E-state index contributed by atoms with van der Waals surface area (Å²) < 4.78 is 0. The number of rotatable bonds is 5. The van der Waals surface area contributed by atoms with E-state index in [4.69, 9.17) is 5.73 Å². The molecule has 1 aromatic carbocycles. The van der Waals surface area contributed by atoms with Gasteiger partial charge in [0.1, 0.15) is 0 Å². The van der Waals surface area contributed by atoms with Crippen LogP contribution in [-0.2, 0) is 9.59 Å². The molecule has 2 rings (SSSR count). The highest BCUT2D eigenvalue weighted by Gasteiger charge is 2.13. The number of nitrogens with two attached hydrogens (primary N) is 1. The fraction of sp³-hybridized carbons (Fsp3) is 0.200. The smallest absolute Gasteiger partial charge is 0.228 e. The molecule has 0 fully saturated rings. The average Bonchev–Trinajstić information content (AvgIpc) is 2.38. The third kappa shape index (κ3) is 3.54. The largest absolute Gasteiger partial charge is 0.370 e. The molecule has 0 bridgehead atoms. The van der Waals surface area contributed by atoms with Crippen LogP contribution in [0.4, 0.5) is 5.69 Å². The Morgan fingerprint density at radius 3 is 2.95 bits per heavy atom. The van der Waals surface area contributed by atoms with Gasteiger partial charge in [0.05, 0.1) is 6.42 Å². The summed E-state index contributed by atoms with van der Waals surface area (Å²) in [5.74, 6) is -0.856. The zero-order valence-corrected chi connectivity index (χ0v) is 11.2. The molecular formula is C15H16N3O2. The number of nitrogens with one attached hydrogen (secondary N) is 1. The highest BCUT2D eigenvalue weighted by molar-refractivity contribution is 6.04. The Bertz CT molecular complexity index is 635. The normalized spacial score (nSPS) is 12.1. The third-order valence-corrected chi connectivity index (χ3v) is 2.90.